The minimum Gasteiger partial charge on any atom is -0.366 e. The molecule has 0 atom stereocenters. The van der Waals surface area contributed by atoms with Crippen LogP contribution in [0.1, 0.15) is 34.3 Å². The highest BCUT2D eigenvalue weighted by atomic mass is 16.6. The Bertz CT molecular complexity index is 1000. The molecular weight excluding hydrogens is 394 g/mol. The van der Waals surface area contributed by atoms with Crippen LogP contribution in [0.5, 0.6) is 0 Å². The lowest BCUT2D eigenvalue weighted by molar-refractivity contribution is -0.384. The average Bonchev–Trinajstić information content (AvgIpc) is 3.34. The van der Waals surface area contributed by atoms with Gasteiger partial charge in [0.1, 0.15) is 5.69 Å². The van der Waals surface area contributed by atoms with Gasteiger partial charge in [0.05, 0.1) is 16.6 Å². The van der Waals surface area contributed by atoms with Gasteiger partial charge in [-0.3, -0.25) is 19.8 Å². The van der Waals surface area contributed by atoms with Crippen molar-refractivity contribution >= 4 is 17.3 Å². The Hall–Kier alpha value is -3.44. The van der Waals surface area contributed by atoms with Gasteiger partial charge in [0, 0.05) is 57.4 Å². The van der Waals surface area contributed by atoms with E-state index in [4.69, 9.17) is 5.26 Å². The van der Waals surface area contributed by atoms with Gasteiger partial charge in [0.2, 0.25) is 0 Å². The molecule has 0 radical (unpaired) electrons. The molecule has 2 aliphatic rings. The van der Waals surface area contributed by atoms with Gasteiger partial charge in [0.25, 0.3) is 11.6 Å². The standard InChI is InChI=1S/C23H25N5O3/c24-16-18-3-5-19(6-4-18)17-25-11-13-27(14-12-25)23(29)20-7-8-21(22(15-20)28(30)31)26-9-1-2-10-26/h3-8,15H,1-2,9-14,17H2. The Morgan fingerprint density at radius 3 is 2.29 bits per heavy atom. The van der Waals surface area contributed by atoms with Gasteiger partial charge in [-0.25, -0.2) is 0 Å². The molecule has 2 heterocycles. The fourth-order valence-electron chi connectivity index (χ4n) is 4.26. The van der Waals surface area contributed by atoms with Gasteiger partial charge in [0.15, 0.2) is 0 Å². The zero-order chi connectivity index (χ0) is 21.8. The molecule has 2 aromatic rings. The number of nitro groups is 1. The number of nitrogens with zero attached hydrogens (tertiary/aromatic N) is 5. The van der Waals surface area contributed by atoms with Crippen molar-refractivity contribution in [2.45, 2.75) is 19.4 Å². The summed E-state index contributed by atoms with van der Waals surface area (Å²) in [4.78, 5) is 30.3. The molecule has 2 aliphatic heterocycles. The first kappa shape index (κ1) is 20.8. The number of hydrogen-bond donors (Lipinski definition) is 0. The second-order valence-corrected chi connectivity index (χ2v) is 8.03. The van der Waals surface area contributed by atoms with E-state index in [2.05, 4.69) is 11.0 Å². The molecule has 0 unspecified atom stereocenters. The van der Waals surface area contributed by atoms with Crippen LogP contribution in [0, 0.1) is 21.4 Å². The lowest BCUT2D eigenvalue weighted by Crippen LogP contribution is -2.48. The van der Waals surface area contributed by atoms with Crippen molar-refractivity contribution in [2.75, 3.05) is 44.2 Å². The molecule has 160 valence electrons. The number of rotatable bonds is 5. The Morgan fingerprint density at radius 2 is 1.68 bits per heavy atom. The zero-order valence-corrected chi connectivity index (χ0v) is 17.4. The minimum absolute atomic E-state index is 0.00667. The summed E-state index contributed by atoms with van der Waals surface area (Å²) in [6.07, 6.45) is 2.06. The quantitative estimate of drug-likeness (QED) is 0.546. The maximum Gasteiger partial charge on any atom is 0.293 e. The van der Waals surface area contributed by atoms with Gasteiger partial charge in [-0.05, 0) is 42.7 Å². The monoisotopic (exact) mass is 419 g/mol. The third kappa shape index (κ3) is 4.67. The third-order valence-corrected chi connectivity index (χ3v) is 6.01. The number of carbonyl (C=O) groups is 1. The average molecular weight is 419 g/mol. The topological polar surface area (TPSA) is 93.7 Å². The van der Waals surface area contributed by atoms with E-state index in [9.17, 15) is 14.9 Å². The molecular formula is C23H25N5O3. The molecule has 8 nitrogen and oxygen atoms in total. The Balaban J connectivity index is 1.39. The van der Waals surface area contributed by atoms with Crippen LogP contribution in [0.2, 0.25) is 0 Å². The van der Waals surface area contributed by atoms with Crippen LogP contribution in [0.4, 0.5) is 11.4 Å². The van der Waals surface area contributed by atoms with Crippen molar-refractivity contribution in [1.29, 1.82) is 5.26 Å². The summed E-state index contributed by atoms with van der Waals surface area (Å²) in [5.74, 6) is -0.158. The van der Waals surface area contributed by atoms with Gasteiger partial charge in [-0.15, -0.1) is 0 Å². The van der Waals surface area contributed by atoms with Crippen molar-refractivity contribution in [2.24, 2.45) is 0 Å². The van der Waals surface area contributed by atoms with Crippen molar-refractivity contribution in [3.63, 3.8) is 0 Å². The van der Waals surface area contributed by atoms with Gasteiger partial charge >= 0.3 is 0 Å². The number of nitriles is 1. The van der Waals surface area contributed by atoms with Crippen molar-refractivity contribution in [3.8, 4) is 6.07 Å². The van der Waals surface area contributed by atoms with Crippen LogP contribution in [-0.2, 0) is 6.54 Å². The Kier molecular flexibility index (Phi) is 6.14. The second-order valence-electron chi connectivity index (χ2n) is 8.03. The zero-order valence-electron chi connectivity index (χ0n) is 17.4. The third-order valence-electron chi connectivity index (χ3n) is 6.01. The normalized spacial score (nSPS) is 16.9. The minimum atomic E-state index is -0.389. The SMILES string of the molecule is N#Cc1ccc(CN2CCN(C(=O)c3ccc(N4CCCC4)c([N+](=O)[O-])c3)CC2)cc1. The number of amides is 1. The predicted octanol–water partition coefficient (Wildman–Crippen LogP) is 3.02. The van der Waals surface area contributed by atoms with Crippen LogP contribution in [0.25, 0.3) is 0 Å². The second kappa shape index (κ2) is 9.14. The lowest BCUT2D eigenvalue weighted by Gasteiger charge is -2.34. The summed E-state index contributed by atoms with van der Waals surface area (Å²) >= 11 is 0. The molecule has 0 saturated carbocycles. The van der Waals surface area contributed by atoms with Gasteiger partial charge in [-0.1, -0.05) is 12.1 Å². The number of piperazine rings is 1. The van der Waals surface area contributed by atoms with Crippen molar-refractivity contribution < 1.29 is 9.72 Å². The van der Waals surface area contributed by atoms with E-state index in [0.717, 1.165) is 51.1 Å². The van der Waals surface area contributed by atoms with Crippen LogP contribution in [0.3, 0.4) is 0 Å². The van der Waals surface area contributed by atoms with Crippen LogP contribution < -0.4 is 4.90 Å². The number of hydrogen-bond acceptors (Lipinski definition) is 6. The maximum atomic E-state index is 13.0. The smallest absolute Gasteiger partial charge is 0.293 e. The number of nitro benzene ring substituents is 1. The Morgan fingerprint density at radius 1 is 1.00 bits per heavy atom. The predicted molar refractivity (Wildman–Crippen MR) is 117 cm³/mol. The summed E-state index contributed by atoms with van der Waals surface area (Å²) < 4.78 is 0. The highest BCUT2D eigenvalue weighted by Gasteiger charge is 2.27. The van der Waals surface area contributed by atoms with Crippen LogP contribution >= 0.6 is 0 Å². The Labute approximate surface area is 181 Å². The van der Waals surface area contributed by atoms with Crippen molar-refractivity contribution in [3.05, 3.63) is 69.3 Å². The lowest BCUT2D eigenvalue weighted by atomic mass is 10.1. The summed E-state index contributed by atoms with van der Waals surface area (Å²) in [6.45, 7) is 5.03. The number of benzene rings is 2. The fraction of sp³-hybridized carbons (Fsp3) is 0.391. The van der Waals surface area contributed by atoms with Crippen LogP contribution in [-0.4, -0.2) is 59.9 Å². The van der Waals surface area contributed by atoms with E-state index >= 15 is 0 Å². The largest absolute Gasteiger partial charge is 0.366 e. The molecule has 4 rings (SSSR count). The van der Waals surface area contributed by atoms with E-state index in [1.807, 2.05) is 29.2 Å². The fourth-order valence-corrected chi connectivity index (χ4v) is 4.26. The molecule has 2 fully saturated rings. The first-order valence-corrected chi connectivity index (χ1v) is 10.6. The molecule has 0 spiro atoms. The highest BCUT2D eigenvalue weighted by molar-refractivity contribution is 5.96. The highest BCUT2D eigenvalue weighted by Crippen LogP contribution is 2.32. The molecule has 1 amide bonds. The molecule has 31 heavy (non-hydrogen) atoms. The van der Waals surface area contributed by atoms with E-state index in [1.165, 1.54) is 6.07 Å². The molecule has 0 aliphatic carbocycles. The summed E-state index contributed by atoms with van der Waals surface area (Å²) in [5, 5.41) is 20.5. The van der Waals surface area contributed by atoms with Gasteiger partial charge in [-0.2, -0.15) is 5.26 Å². The molecule has 2 aromatic carbocycles. The molecule has 0 bridgehead atoms. The summed E-state index contributed by atoms with van der Waals surface area (Å²) in [5.41, 5.74) is 2.75. The first-order chi connectivity index (χ1) is 15.0. The summed E-state index contributed by atoms with van der Waals surface area (Å²) in [6, 6.07) is 14.5. The van der Waals surface area contributed by atoms with Gasteiger partial charge < -0.3 is 9.80 Å². The molecule has 0 aromatic heterocycles. The summed E-state index contributed by atoms with van der Waals surface area (Å²) in [7, 11) is 0. The van der Waals surface area contributed by atoms with E-state index < -0.39 is 0 Å². The number of anilines is 1. The molecule has 2 saturated heterocycles. The van der Waals surface area contributed by atoms with E-state index in [0.29, 0.717) is 29.9 Å². The maximum absolute atomic E-state index is 13.0. The van der Waals surface area contributed by atoms with E-state index in [1.54, 1.807) is 17.0 Å². The number of carbonyl (C=O) groups excluding carboxylic acids is 1. The van der Waals surface area contributed by atoms with E-state index in [-0.39, 0.29) is 16.5 Å². The molecule has 0 N–H and O–H groups in total. The first-order valence-electron chi connectivity index (χ1n) is 10.6. The van der Waals surface area contributed by atoms with Crippen molar-refractivity contribution in [1.82, 2.24) is 9.80 Å². The molecule has 8 heteroatoms. The van der Waals surface area contributed by atoms with Crippen LogP contribution in [0.15, 0.2) is 42.5 Å².